The smallest absolute Gasteiger partial charge is 0.251 e. The molecule has 0 aliphatic heterocycles. The predicted molar refractivity (Wildman–Crippen MR) is 52.2 cm³/mol. The quantitative estimate of drug-likeness (QED) is 0.810. The molecule has 0 spiro atoms. The highest BCUT2D eigenvalue weighted by Gasteiger charge is 2.05. The van der Waals surface area contributed by atoms with Gasteiger partial charge < -0.3 is 5.32 Å². The van der Waals surface area contributed by atoms with Crippen LogP contribution >= 0.6 is 15.9 Å². The lowest BCUT2D eigenvalue weighted by Gasteiger charge is -2.00. The molecule has 4 heteroatoms. The van der Waals surface area contributed by atoms with E-state index >= 15 is 0 Å². The lowest BCUT2D eigenvalue weighted by Crippen LogP contribution is -2.17. The molecule has 0 bridgehead atoms. The van der Waals surface area contributed by atoms with Crippen LogP contribution in [-0.4, -0.2) is 13.0 Å². The zero-order chi connectivity index (χ0) is 9.84. The molecule has 0 aromatic heterocycles. The molecule has 0 unspecified atom stereocenters. The van der Waals surface area contributed by atoms with Crippen molar-refractivity contribution in [1.82, 2.24) is 5.32 Å². The molecule has 1 aromatic rings. The molecule has 0 saturated carbocycles. The van der Waals surface area contributed by atoms with Gasteiger partial charge in [0.05, 0.1) is 11.6 Å². The van der Waals surface area contributed by atoms with Crippen molar-refractivity contribution in [3.63, 3.8) is 0 Å². The standard InChI is InChI=1S/C9H7BrN2O/c1-12-9(13)7-2-6(5-11)3-8(10)4-7/h2-4H,1H3,(H,12,13). The topological polar surface area (TPSA) is 52.9 Å². The zero-order valence-corrected chi connectivity index (χ0v) is 8.55. The summed E-state index contributed by atoms with van der Waals surface area (Å²) in [7, 11) is 1.55. The average molecular weight is 239 g/mol. The fourth-order valence-corrected chi connectivity index (χ4v) is 1.42. The third kappa shape index (κ3) is 2.30. The second kappa shape index (κ2) is 4.06. The number of hydrogen-bond acceptors (Lipinski definition) is 2. The van der Waals surface area contributed by atoms with Gasteiger partial charge in [-0.3, -0.25) is 4.79 Å². The number of halogens is 1. The molecule has 1 amide bonds. The van der Waals surface area contributed by atoms with Gasteiger partial charge in [-0.25, -0.2) is 0 Å². The van der Waals surface area contributed by atoms with Crippen LogP contribution in [0.25, 0.3) is 0 Å². The Bertz CT molecular complexity index is 382. The number of nitrogens with zero attached hydrogens (tertiary/aromatic N) is 1. The van der Waals surface area contributed by atoms with Crippen molar-refractivity contribution in [2.45, 2.75) is 0 Å². The zero-order valence-electron chi connectivity index (χ0n) is 6.97. The first-order valence-electron chi connectivity index (χ1n) is 3.60. The Labute approximate surface area is 84.5 Å². The highest BCUT2D eigenvalue weighted by molar-refractivity contribution is 9.10. The van der Waals surface area contributed by atoms with E-state index in [0.717, 1.165) is 4.47 Å². The molecule has 13 heavy (non-hydrogen) atoms. The van der Waals surface area contributed by atoms with Crippen molar-refractivity contribution in [2.24, 2.45) is 0 Å². The van der Waals surface area contributed by atoms with E-state index in [-0.39, 0.29) is 5.91 Å². The fourth-order valence-electron chi connectivity index (χ4n) is 0.930. The van der Waals surface area contributed by atoms with E-state index < -0.39 is 0 Å². The minimum absolute atomic E-state index is 0.196. The maximum atomic E-state index is 11.2. The normalized spacial score (nSPS) is 9.00. The van der Waals surface area contributed by atoms with Gasteiger partial charge in [-0.2, -0.15) is 5.26 Å². The van der Waals surface area contributed by atoms with Crippen LogP contribution in [0.3, 0.4) is 0 Å². The van der Waals surface area contributed by atoms with Crippen LogP contribution in [0.5, 0.6) is 0 Å². The summed E-state index contributed by atoms with van der Waals surface area (Å²) in [5, 5.41) is 11.1. The summed E-state index contributed by atoms with van der Waals surface area (Å²) >= 11 is 3.22. The van der Waals surface area contributed by atoms with Gasteiger partial charge in [0.2, 0.25) is 0 Å². The van der Waals surface area contributed by atoms with Crippen molar-refractivity contribution in [3.8, 4) is 6.07 Å². The molecule has 0 saturated heterocycles. The Morgan fingerprint density at radius 3 is 2.77 bits per heavy atom. The molecule has 0 heterocycles. The van der Waals surface area contributed by atoms with E-state index in [9.17, 15) is 4.79 Å². The minimum Gasteiger partial charge on any atom is -0.355 e. The number of carbonyl (C=O) groups excluding carboxylic acids is 1. The van der Waals surface area contributed by atoms with Crippen LogP contribution in [0.2, 0.25) is 0 Å². The largest absolute Gasteiger partial charge is 0.355 e. The van der Waals surface area contributed by atoms with Gasteiger partial charge in [0.1, 0.15) is 0 Å². The number of nitrogens with one attached hydrogen (secondary N) is 1. The average Bonchev–Trinajstić information content (AvgIpc) is 2.15. The first-order chi connectivity index (χ1) is 6.17. The summed E-state index contributed by atoms with van der Waals surface area (Å²) in [6, 6.07) is 6.85. The first-order valence-corrected chi connectivity index (χ1v) is 4.39. The molecule has 0 radical (unpaired) electrons. The predicted octanol–water partition coefficient (Wildman–Crippen LogP) is 1.68. The Balaban J connectivity index is 3.17. The molecule has 1 aromatic carbocycles. The van der Waals surface area contributed by atoms with Crippen molar-refractivity contribution in [3.05, 3.63) is 33.8 Å². The van der Waals surface area contributed by atoms with E-state index in [1.165, 1.54) is 0 Å². The van der Waals surface area contributed by atoms with E-state index in [4.69, 9.17) is 5.26 Å². The van der Waals surface area contributed by atoms with Crippen LogP contribution in [0, 0.1) is 11.3 Å². The number of rotatable bonds is 1. The lowest BCUT2D eigenvalue weighted by molar-refractivity contribution is 0.0963. The summed E-state index contributed by atoms with van der Waals surface area (Å²) in [5.74, 6) is -0.196. The number of benzene rings is 1. The van der Waals surface area contributed by atoms with Crippen molar-refractivity contribution >= 4 is 21.8 Å². The Hall–Kier alpha value is -1.34. The third-order valence-corrected chi connectivity index (χ3v) is 1.97. The highest BCUT2D eigenvalue weighted by Crippen LogP contribution is 2.15. The Kier molecular flexibility index (Phi) is 3.04. The van der Waals surface area contributed by atoms with Crippen LogP contribution in [0.4, 0.5) is 0 Å². The molecule has 0 fully saturated rings. The molecule has 0 atom stereocenters. The van der Waals surface area contributed by atoms with Gasteiger partial charge in [0, 0.05) is 17.1 Å². The monoisotopic (exact) mass is 238 g/mol. The summed E-state index contributed by atoms with van der Waals surface area (Å²) in [6.45, 7) is 0. The van der Waals surface area contributed by atoms with E-state index in [0.29, 0.717) is 11.1 Å². The molecule has 0 aliphatic rings. The number of carbonyl (C=O) groups is 1. The van der Waals surface area contributed by atoms with Gasteiger partial charge in [0.25, 0.3) is 5.91 Å². The molecule has 1 N–H and O–H groups in total. The van der Waals surface area contributed by atoms with Crippen molar-refractivity contribution in [2.75, 3.05) is 7.05 Å². The summed E-state index contributed by atoms with van der Waals surface area (Å²) < 4.78 is 0.727. The molecule has 3 nitrogen and oxygen atoms in total. The second-order valence-electron chi connectivity index (χ2n) is 2.42. The van der Waals surface area contributed by atoms with Crippen molar-refractivity contribution < 1.29 is 4.79 Å². The molecular weight excluding hydrogens is 232 g/mol. The number of hydrogen-bond donors (Lipinski definition) is 1. The van der Waals surface area contributed by atoms with Gasteiger partial charge in [-0.15, -0.1) is 0 Å². The summed E-state index contributed by atoms with van der Waals surface area (Å²) in [4.78, 5) is 11.2. The maximum Gasteiger partial charge on any atom is 0.251 e. The third-order valence-electron chi connectivity index (χ3n) is 1.52. The number of nitriles is 1. The van der Waals surface area contributed by atoms with Gasteiger partial charge in [0.15, 0.2) is 0 Å². The Morgan fingerprint density at radius 2 is 2.23 bits per heavy atom. The Morgan fingerprint density at radius 1 is 1.54 bits per heavy atom. The van der Waals surface area contributed by atoms with Crippen LogP contribution in [-0.2, 0) is 0 Å². The van der Waals surface area contributed by atoms with Gasteiger partial charge in [-0.1, -0.05) is 15.9 Å². The van der Waals surface area contributed by atoms with Gasteiger partial charge in [-0.05, 0) is 18.2 Å². The van der Waals surface area contributed by atoms with Crippen LogP contribution in [0.15, 0.2) is 22.7 Å². The minimum atomic E-state index is -0.196. The molecule has 1 rings (SSSR count). The highest BCUT2D eigenvalue weighted by atomic mass is 79.9. The first kappa shape index (κ1) is 9.75. The summed E-state index contributed by atoms with van der Waals surface area (Å²) in [5.41, 5.74) is 0.946. The van der Waals surface area contributed by atoms with E-state index in [1.807, 2.05) is 6.07 Å². The van der Waals surface area contributed by atoms with Crippen LogP contribution < -0.4 is 5.32 Å². The SMILES string of the molecule is CNC(=O)c1cc(Br)cc(C#N)c1. The lowest BCUT2D eigenvalue weighted by atomic mass is 10.1. The molecular formula is C9H7BrN2O. The van der Waals surface area contributed by atoms with E-state index in [2.05, 4.69) is 21.2 Å². The number of amides is 1. The molecule has 0 aliphatic carbocycles. The fraction of sp³-hybridized carbons (Fsp3) is 0.111. The van der Waals surface area contributed by atoms with Gasteiger partial charge >= 0.3 is 0 Å². The van der Waals surface area contributed by atoms with Crippen molar-refractivity contribution in [1.29, 1.82) is 5.26 Å². The van der Waals surface area contributed by atoms with E-state index in [1.54, 1.807) is 25.2 Å². The van der Waals surface area contributed by atoms with Crippen LogP contribution in [0.1, 0.15) is 15.9 Å². The maximum absolute atomic E-state index is 11.2. The summed E-state index contributed by atoms with van der Waals surface area (Å²) in [6.07, 6.45) is 0. The second-order valence-corrected chi connectivity index (χ2v) is 3.34. The molecule has 66 valence electrons.